The van der Waals surface area contributed by atoms with E-state index in [9.17, 15) is 9.18 Å². The SMILES string of the molecule is CCc1nc(N2CCCN(C(=O)Cc3cccc(F)c3)CC2)c2ccsc2n1. The van der Waals surface area contributed by atoms with Crippen LogP contribution >= 0.6 is 11.3 Å². The molecule has 4 rings (SSSR count). The monoisotopic (exact) mass is 398 g/mol. The molecule has 1 amide bonds. The summed E-state index contributed by atoms with van der Waals surface area (Å²) in [7, 11) is 0. The Morgan fingerprint density at radius 3 is 2.89 bits per heavy atom. The topological polar surface area (TPSA) is 49.3 Å². The molecule has 0 aliphatic carbocycles. The third kappa shape index (κ3) is 3.99. The normalized spacial score (nSPS) is 15.1. The first-order chi connectivity index (χ1) is 13.6. The van der Waals surface area contributed by atoms with Crippen LogP contribution in [0.2, 0.25) is 0 Å². The number of anilines is 1. The highest BCUT2D eigenvalue weighted by Crippen LogP contribution is 2.28. The number of nitrogens with zero attached hydrogens (tertiary/aromatic N) is 4. The van der Waals surface area contributed by atoms with E-state index in [1.54, 1.807) is 23.5 Å². The Morgan fingerprint density at radius 2 is 2.07 bits per heavy atom. The van der Waals surface area contributed by atoms with E-state index >= 15 is 0 Å². The van der Waals surface area contributed by atoms with Crippen molar-refractivity contribution in [1.29, 1.82) is 0 Å². The lowest BCUT2D eigenvalue weighted by atomic mass is 10.1. The standard InChI is InChI=1S/C21H23FN4OS/c1-2-18-23-20(17-7-12-28-21(17)24-18)26-9-4-8-25(10-11-26)19(27)14-15-5-3-6-16(22)13-15/h3,5-7,12-13H,2,4,8-11,14H2,1H3. The van der Waals surface area contributed by atoms with Crippen LogP contribution in [0, 0.1) is 5.82 Å². The van der Waals surface area contributed by atoms with Crippen LogP contribution in [0.25, 0.3) is 10.2 Å². The molecule has 1 saturated heterocycles. The number of aryl methyl sites for hydroxylation is 1. The first kappa shape index (κ1) is 18.8. The van der Waals surface area contributed by atoms with E-state index in [4.69, 9.17) is 4.98 Å². The molecule has 0 radical (unpaired) electrons. The quantitative estimate of drug-likeness (QED) is 0.673. The molecule has 1 aliphatic heterocycles. The Bertz CT molecular complexity index is 989. The highest BCUT2D eigenvalue weighted by molar-refractivity contribution is 7.16. The van der Waals surface area contributed by atoms with Gasteiger partial charge in [-0.3, -0.25) is 4.79 Å². The van der Waals surface area contributed by atoms with Crippen LogP contribution in [0.15, 0.2) is 35.7 Å². The van der Waals surface area contributed by atoms with Gasteiger partial charge in [-0.2, -0.15) is 0 Å². The fourth-order valence-electron chi connectivity index (χ4n) is 3.59. The lowest BCUT2D eigenvalue weighted by molar-refractivity contribution is -0.130. The smallest absolute Gasteiger partial charge is 0.227 e. The van der Waals surface area contributed by atoms with Gasteiger partial charge in [-0.25, -0.2) is 14.4 Å². The van der Waals surface area contributed by atoms with Crippen LogP contribution in [0.5, 0.6) is 0 Å². The number of carbonyl (C=O) groups excluding carboxylic acids is 1. The zero-order chi connectivity index (χ0) is 19.5. The number of aromatic nitrogens is 2. The summed E-state index contributed by atoms with van der Waals surface area (Å²) in [5.41, 5.74) is 0.717. The lowest BCUT2D eigenvalue weighted by Crippen LogP contribution is -2.36. The van der Waals surface area contributed by atoms with Crippen molar-refractivity contribution in [1.82, 2.24) is 14.9 Å². The molecule has 0 spiro atoms. The lowest BCUT2D eigenvalue weighted by Gasteiger charge is -2.24. The Balaban J connectivity index is 1.48. The highest BCUT2D eigenvalue weighted by atomic mass is 32.1. The number of halogens is 1. The molecular weight excluding hydrogens is 375 g/mol. The summed E-state index contributed by atoms with van der Waals surface area (Å²) >= 11 is 1.64. The summed E-state index contributed by atoms with van der Waals surface area (Å²) in [5, 5.41) is 3.14. The molecular formula is C21H23FN4OS. The Labute approximate surface area is 167 Å². The summed E-state index contributed by atoms with van der Waals surface area (Å²) in [4.78, 5) is 27.3. The fourth-order valence-corrected chi connectivity index (χ4v) is 4.37. The number of rotatable bonds is 4. The number of amides is 1. The minimum Gasteiger partial charge on any atom is -0.354 e. The minimum atomic E-state index is -0.303. The van der Waals surface area contributed by atoms with E-state index in [-0.39, 0.29) is 18.1 Å². The van der Waals surface area contributed by atoms with Crippen molar-refractivity contribution < 1.29 is 9.18 Å². The highest BCUT2D eigenvalue weighted by Gasteiger charge is 2.22. The van der Waals surface area contributed by atoms with Crippen LogP contribution < -0.4 is 4.90 Å². The molecule has 7 heteroatoms. The second kappa shape index (κ2) is 8.22. The molecule has 0 bridgehead atoms. The van der Waals surface area contributed by atoms with E-state index in [1.807, 2.05) is 4.90 Å². The minimum absolute atomic E-state index is 0.0464. The maximum absolute atomic E-state index is 13.4. The number of hydrogen-bond acceptors (Lipinski definition) is 5. The fraction of sp³-hybridized carbons (Fsp3) is 0.381. The molecule has 5 nitrogen and oxygen atoms in total. The largest absolute Gasteiger partial charge is 0.354 e. The zero-order valence-corrected chi connectivity index (χ0v) is 16.7. The summed E-state index contributed by atoms with van der Waals surface area (Å²) in [6.07, 6.45) is 1.92. The first-order valence-electron chi connectivity index (χ1n) is 9.65. The maximum Gasteiger partial charge on any atom is 0.227 e. The van der Waals surface area contributed by atoms with Gasteiger partial charge in [0.15, 0.2) is 0 Å². The van der Waals surface area contributed by atoms with Gasteiger partial charge in [-0.05, 0) is 35.6 Å². The van der Waals surface area contributed by atoms with Crippen molar-refractivity contribution in [3.63, 3.8) is 0 Å². The molecule has 1 aromatic carbocycles. The Hall–Kier alpha value is -2.54. The van der Waals surface area contributed by atoms with Crippen LogP contribution in [0.1, 0.15) is 24.7 Å². The summed E-state index contributed by atoms with van der Waals surface area (Å²) in [5.74, 6) is 1.57. The second-order valence-electron chi connectivity index (χ2n) is 6.98. The Kier molecular flexibility index (Phi) is 5.52. The summed E-state index contributed by atoms with van der Waals surface area (Å²) in [6.45, 7) is 5.01. The van der Waals surface area contributed by atoms with Crippen molar-refractivity contribution in [3.05, 3.63) is 52.9 Å². The second-order valence-corrected chi connectivity index (χ2v) is 7.88. The molecule has 28 heavy (non-hydrogen) atoms. The van der Waals surface area contributed by atoms with Gasteiger partial charge >= 0.3 is 0 Å². The molecule has 0 saturated carbocycles. The Morgan fingerprint density at radius 1 is 1.18 bits per heavy atom. The van der Waals surface area contributed by atoms with Gasteiger partial charge in [0.1, 0.15) is 22.3 Å². The molecule has 0 atom stereocenters. The van der Waals surface area contributed by atoms with E-state index in [1.165, 1.54) is 12.1 Å². The number of fused-ring (bicyclic) bond motifs is 1. The zero-order valence-electron chi connectivity index (χ0n) is 15.9. The summed E-state index contributed by atoms with van der Waals surface area (Å²) in [6, 6.07) is 8.35. The molecule has 2 aromatic heterocycles. The first-order valence-corrected chi connectivity index (χ1v) is 10.5. The molecule has 1 fully saturated rings. The molecule has 0 unspecified atom stereocenters. The van der Waals surface area contributed by atoms with E-state index < -0.39 is 0 Å². The van der Waals surface area contributed by atoms with E-state index in [0.29, 0.717) is 13.1 Å². The molecule has 3 heterocycles. The van der Waals surface area contributed by atoms with Crippen molar-refractivity contribution >= 4 is 33.3 Å². The maximum atomic E-state index is 13.4. The average molecular weight is 399 g/mol. The van der Waals surface area contributed by atoms with Crippen LogP contribution in [0.3, 0.4) is 0 Å². The van der Waals surface area contributed by atoms with Gasteiger partial charge in [-0.1, -0.05) is 19.1 Å². The molecule has 1 aliphatic rings. The van der Waals surface area contributed by atoms with Gasteiger partial charge in [0, 0.05) is 32.6 Å². The number of hydrogen-bond donors (Lipinski definition) is 0. The predicted octanol–water partition coefficient (Wildman–Crippen LogP) is 3.67. The average Bonchev–Trinajstić information content (AvgIpc) is 3.02. The van der Waals surface area contributed by atoms with Gasteiger partial charge < -0.3 is 9.80 Å². The predicted molar refractivity (Wildman–Crippen MR) is 110 cm³/mol. The molecule has 146 valence electrons. The van der Waals surface area contributed by atoms with E-state index in [2.05, 4.69) is 28.3 Å². The van der Waals surface area contributed by atoms with Crippen molar-refractivity contribution in [2.75, 3.05) is 31.1 Å². The van der Waals surface area contributed by atoms with Crippen molar-refractivity contribution in [3.8, 4) is 0 Å². The van der Waals surface area contributed by atoms with Gasteiger partial charge in [0.05, 0.1) is 11.8 Å². The molecule has 0 N–H and O–H groups in total. The number of thiophene rings is 1. The van der Waals surface area contributed by atoms with Crippen LogP contribution in [-0.2, 0) is 17.6 Å². The third-order valence-corrected chi connectivity index (χ3v) is 5.87. The van der Waals surface area contributed by atoms with Crippen LogP contribution in [-0.4, -0.2) is 47.0 Å². The van der Waals surface area contributed by atoms with Gasteiger partial charge in [0.25, 0.3) is 0 Å². The van der Waals surface area contributed by atoms with Crippen LogP contribution in [0.4, 0.5) is 10.2 Å². The third-order valence-electron chi connectivity index (χ3n) is 5.06. The number of benzene rings is 1. The summed E-state index contributed by atoms with van der Waals surface area (Å²) < 4.78 is 13.4. The van der Waals surface area contributed by atoms with Gasteiger partial charge in [-0.15, -0.1) is 11.3 Å². The number of carbonyl (C=O) groups is 1. The van der Waals surface area contributed by atoms with E-state index in [0.717, 1.165) is 53.4 Å². The molecule has 3 aromatic rings. The van der Waals surface area contributed by atoms with Crippen molar-refractivity contribution in [2.45, 2.75) is 26.2 Å². The van der Waals surface area contributed by atoms with Gasteiger partial charge in [0.2, 0.25) is 5.91 Å². The van der Waals surface area contributed by atoms with Crippen molar-refractivity contribution in [2.24, 2.45) is 0 Å².